The molecule has 0 aromatic rings. The summed E-state index contributed by atoms with van der Waals surface area (Å²) < 4.78 is 4.75. The van der Waals surface area contributed by atoms with Gasteiger partial charge in [-0.1, -0.05) is 0 Å². The summed E-state index contributed by atoms with van der Waals surface area (Å²) in [6.07, 6.45) is 2.24. The van der Waals surface area contributed by atoms with Crippen LogP contribution in [0.1, 0.15) is 26.7 Å². The van der Waals surface area contributed by atoms with Crippen molar-refractivity contribution in [2.24, 2.45) is 5.73 Å². The maximum absolute atomic E-state index is 11.5. The third-order valence-electron chi connectivity index (χ3n) is 3.04. The molecule has 1 heterocycles. The van der Waals surface area contributed by atoms with Gasteiger partial charge in [0.15, 0.2) is 0 Å². The predicted molar refractivity (Wildman–Crippen MR) is 54.9 cm³/mol. The van der Waals surface area contributed by atoms with Crippen LogP contribution in [0, 0.1) is 0 Å². The lowest BCUT2D eigenvalue weighted by molar-refractivity contribution is -0.148. The van der Waals surface area contributed by atoms with E-state index in [4.69, 9.17) is 10.5 Å². The van der Waals surface area contributed by atoms with Crippen molar-refractivity contribution in [1.29, 1.82) is 0 Å². The van der Waals surface area contributed by atoms with Crippen LogP contribution in [0.3, 0.4) is 0 Å². The van der Waals surface area contributed by atoms with E-state index in [1.54, 1.807) is 0 Å². The second-order valence-electron chi connectivity index (χ2n) is 4.38. The van der Waals surface area contributed by atoms with Gasteiger partial charge in [-0.05, 0) is 33.2 Å². The number of hydrogen-bond donors (Lipinski definition) is 1. The summed E-state index contributed by atoms with van der Waals surface area (Å²) in [5.41, 5.74) is 5.68. The average molecular weight is 200 g/mol. The van der Waals surface area contributed by atoms with Crippen LogP contribution in [0.25, 0.3) is 0 Å². The van der Waals surface area contributed by atoms with Crippen LogP contribution in [0.4, 0.5) is 0 Å². The smallest absolute Gasteiger partial charge is 0.324 e. The number of carbonyl (C=O) groups is 1. The van der Waals surface area contributed by atoms with Crippen LogP contribution < -0.4 is 5.73 Å². The molecule has 1 unspecified atom stereocenters. The number of hydrogen-bond acceptors (Lipinski definition) is 4. The second-order valence-corrected chi connectivity index (χ2v) is 4.38. The van der Waals surface area contributed by atoms with E-state index in [-0.39, 0.29) is 17.6 Å². The Bertz CT molecular complexity index is 216. The van der Waals surface area contributed by atoms with E-state index >= 15 is 0 Å². The molecule has 0 aromatic heterocycles. The van der Waals surface area contributed by atoms with Crippen LogP contribution in [0.5, 0.6) is 0 Å². The summed E-state index contributed by atoms with van der Waals surface area (Å²) in [4.78, 5) is 13.6. The Hall–Kier alpha value is -0.610. The van der Waals surface area contributed by atoms with Crippen molar-refractivity contribution in [2.75, 3.05) is 20.2 Å². The molecule has 14 heavy (non-hydrogen) atoms. The molecule has 1 fully saturated rings. The number of rotatable bonds is 3. The lowest BCUT2D eigenvalue weighted by atomic mass is 10.0. The first-order chi connectivity index (χ1) is 6.53. The van der Waals surface area contributed by atoms with E-state index in [1.807, 2.05) is 0 Å². The van der Waals surface area contributed by atoms with Gasteiger partial charge in [-0.25, -0.2) is 0 Å². The fourth-order valence-corrected chi connectivity index (χ4v) is 2.19. The van der Waals surface area contributed by atoms with Gasteiger partial charge >= 0.3 is 5.97 Å². The van der Waals surface area contributed by atoms with Gasteiger partial charge in [0.05, 0.1) is 7.11 Å². The molecule has 0 aromatic carbocycles. The Kier molecular flexibility index (Phi) is 3.50. The highest BCUT2D eigenvalue weighted by molar-refractivity contribution is 5.76. The molecule has 4 nitrogen and oxygen atoms in total. The van der Waals surface area contributed by atoms with Gasteiger partial charge in [-0.2, -0.15) is 0 Å². The number of methoxy groups -OCH3 is 1. The monoisotopic (exact) mass is 200 g/mol. The normalized spacial score (nSPS) is 23.4. The number of esters is 1. The number of likely N-dealkylation sites (tertiary alicyclic amines) is 1. The van der Waals surface area contributed by atoms with E-state index in [0.29, 0.717) is 6.54 Å². The summed E-state index contributed by atoms with van der Waals surface area (Å²) >= 11 is 0. The van der Waals surface area contributed by atoms with Crippen molar-refractivity contribution in [2.45, 2.75) is 38.3 Å². The third-order valence-corrected chi connectivity index (χ3v) is 3.04. The SMILES string of the molecule is COC(=O)C(CN)N1CCCC1(C)C. The molecule has 1 saturated heterocycles. The van der Waals surface area contributed by atoms with Crippen LogP contribution in [-0.4, -0.2) is 42.6 Å². The number of ether oxygens (including phenoxy) is 1. The maximum Gasteiger partial charge on any atom is 0.324 e. The Balaban J connectivity index is 2.74. The maximum atomic E-state index is 11.5. The van der Waals surface area contributed by atoms with Crippen molar-refractivity contribution in [3.8, 4) is 0 Å². The molecular weight excluding hydrogens is 180 g/mol. The molecule has 0 spiro atoms. The van der Waals surface area contributed by atoms with Crippen molar-refractivity contribution < 1.29 is 9.53 Å². The van der Waals surface area contributed by atoms with Crippen molar-refractivity contribution in [1.82, 2.24) is 4.90 Å². The summed E-state index contributed by atoms with van der Waals surface area (Å²) in [6, 6.07) is -0.280. The summed E-state index contributed by atoms with van der Waals surface area (Å²) in [7, 11) is 1.41. The second kappa shape index (κ2) is 4.28. The van der Waals surface area contributed by atoms with E-state index < -0.39 is 0 Å². The molecule has 1 aliphatic heterocycles. The zero-order valence-electron chi connectivity index (χ0n) is 9.25. The van der Waals surface area contributed by atoms with Gasteiger partial charge in [-0.3, -0.25) is 9.69 Å². The Morgan fingerprint density at radius 2 is 2.29 bits per heavy atom. The molecule has 82 valence electrons. The quantitative estimate of drug-likeness (QED) is 0.668. The van der Waals surface area contributed by atoms with E-state index in [1.165, 1.54) is 7.11 Å². The summed E-state index contributed by atoms with van der Waals surface area (Å²) in [5.74, 6) is -0.220. The van der Waals surface area contributed by atoms with E-state index in [9.17, 15) is 4.79 Å². The van der Waals surface area contributed by atoms with Crippen LogP contribution in [-0.2, 0) is 9.53 Å². The van der Waals surface area contributed by atoms with Crippen molar-refractivity contribution in [3.63, 3.8) is 0 Å². The third kappa shape index (κ3) is 2.07. The highest BCUT2D eigenvalue weighted by Gasteiger charge is 2.39. The molecule has 0 bridgehead atoms. The minimum Gasteiger partial charge on any atom is -0.468 e. The van der Waals surface area contributed by atoms with Crippen LogP contribution in [0.15, 0.2) is 0 Å². The number of carbonyl (C=O) groups excluding carboxylic acids is 1. The van der Waals surface area contributed by atoms with E-state index in [0.717, 1.165) is 19.4 Å². The lowest BCUT2D eigenvalue weighted by Gasteiger charge is -2.36. The highest BCUT2D eigenvalue weighted by atomic mass is 16.5. The lowest BCUT2D eigenvalue weighted by Crippen LogP contribution is -2.52. The first kappa shape index (κ1) is 11.5. The number of nitrogens with two attached hydrogens (primary N) is 1. The van der Waals surface area contributed by atoms with Gasteiger partial charge in [0, 0.05) is 12.1 Å². The average Bonchev–Trinajstić information content (AvgIpc) is 2.47. The summed E-state index contributed by atoms with van der Waals surface area (Å²) in [5, 5.41) is 0. The molecule has 2 N–H and O–H groups in total. The Morgan fingerprint density at radius 3 is 2.64 bits per heavy atom. The van der Waals surface area contributed by atoms with Gasteiger partial charge in [0.25, 0.3) is 0 Å². The molecule has 0 radical (unpaired) electrons. The van der Waals surface area contributed by atoms with Gasteiger partial charge in [-0.15, -0.1) is 0 Å². The largest absolute Gasteiger partial charge is 0.468 e. The fraction of sp³-hybridized carbons (Fsp3) is 0.900. The molecular formula is C10H20N2O2. The molecule has 0 amide bonds. The standard InChI is InChI=1S/C10H20N2O2/c1-10(2)5-4-6-12(10)8(7-11)9(13)14-3/h8H,4-7,11H2,1-3H3. The minimum absolute atomic E-state index is 0.0677. The first-order valence-corrected chi connectivity index (χ1v) is 5.07. The zero-order chi connectivity index (χ0) is 10.8. The zero-order valence-corrected chi connectivity index (χ0v) is 9.25. The molecule has 1 atom stereocenters. The Morgan fingerprint density at radius 1 is 1.64 bits per heavy atom. The minimum atomic E-state index is -0.280. The predicted octanol–water partition coefficient (Wildman–Crippen LogP) is 0.361. The van der Waals surface area contributed by atoms with Crippen LogP contribution in [0.2, 0.25) is 0 Å². The molecule has 0 aliphatic carbocycles. The van der Waals surface area contributed by atoms with Gasteiger partial charge in [0.2, 0.25) is 0 Å². The Labute approximate surface area is 85.4 Å². The van der Waals surface area contributed by atoms with Crippen molar-refractivity contribution >= 4 is 5.97 Å². The van der Waals surface area contributed by atoms with Gasteiger partial charge in [0.1, 0.15) is 6.04 Å². The highest BCUT2D eigenvalue weighted by Crippen LogP contribution is 2.30. The van der Waals surface area contributed by atoms with Crippen molar-refractivity contribution in [3.05, 3.63) is 0 Å². The topological polar surface area (TPSA) is 55.6 Å². The molecule has 1 rings (SSSR count). The molecule has 0 saturated carbocycles. The fourth-order valence-electron chi connectivity index (χ4n) is 2.19. The molecule has 4 heteroatoms. The van der Waals surface area contributed by atoms with E-state index in [2.05, 4.69) is 18.7 Å². The molecule has 1 aliphatic rings. The first-order valence-electron chi connectivity index (χ1n) is 5.07. The van der Waals surface area contributed by atoms with Crippen LogP contribution >= 0.6 is 0 Å². The van der Waals surface area contributed by atoms with Gasteiger partial charge < -0.3 is 10.5 Å². The summed E-state index contributed by atoms with van der Waals surface area (Å²) in [6.45, 7) is 5.55. The number of nitrogens with zero attached hydrogens (tertiary/aromatic N) is 1.